The lowest BCUT2D eigenvalue weighted by Crippen LogP contribution is -2.49. The van der Waals surface area contributed by atoms with Crippen molar-refractivity contribution in [2.75, 3.05) is 39.3 Å². The van der Waals surface area contributed by atoms with Crippen LogP contribution in [0.3, 0.4) is 0 Å². The second-order valence-corrected chi connectivity index (χ2v) is 5.26. The standard InChI is InChI=1S/C15H19F3N4O2/c1-2-6-21-7-9-22(10-8-21)13(20-23)12-4-3-5-19-14(12)24-11-15(16,17)18/h2-5,23H,1,6-11H2/b20-13-. The Hall–Kier alpha value is -2.29. The zero-order valence-corrected chi connectivity index (χ0v) is 13.0. The molecule has 1 aliphatic rings. The second kappa shape index (κ2) is 8.00. The van der Waals surface area contributed by atoms with Gasteiger partial charge in [-0.15, -0.1) is 6.58 Å². The number of aromatic nitrogens is 1. The second-order valence-electron chi connectivity index (χ2n) is 5.26. The van der Waals surface area contributed by atoms with Crippen LogP contribution in [0.5, 0.6) is 5.88 Å². The van der Waals surface area contributed by atoms with E-state index in [0.717, 1.165) is 19.6 Å². The number of alkyl halides is 3. The maximum absolute atomic E-state index is 12.4. The quantitative estimate of drug-likeness (QED) is 0.291. The van der Waals surface area contributed by atoms with Gasteiger partial charge in [0.25, 0.3) is 0 Å². The molecule has 0 radical (unpaired) electrons. The summed E-state index contributed by atoms with van der Waals surface area (Å²) in [6, 6.07) is 3.07. The highest BCUT2D eigenvalue weighted by Crippen LogP contribution is 2.22. The molecule has 2 heterocycles. The lowest BCUT2D eigenvalue weighted by Gasteiger charge is -2.35. The summed E-state index contributed by atoms with van der Waals surface area (Å²) in [4.78, 5) is 7.78. The summed E-state index contributed by atoms with van der Waals surface area (Å²) in [6.45, 7) is 5.58. The Bertz CT molecular complexity index is 584. The van der Waals surface area contributed by atoms with E-state index in [-0.39, 0.29) is 17.3 Å². The minimum atomic E-state index is -4.47. The van der Waals surface area contributed by atoms with Crippen molar-refractivity contribution in [2.24, 2.45) is 5.16 Å². The molecule has 0 atom stereocenters. The molecule has 1 N–H and O–H groups in total. The fourth-order valence-electron chi connectivity index (χ4n) is 2.44. The summed E-state index contributed by atoms with van der Waals surface area (Å²) in [5, 5.41) is 12.6. The Morgan fingerprint density at radius 3 is 2.67 bits per heavy atom. The summed E-state index contributed by atoms with van der Waals surface area (Å²) in [5.41, 5.74) is 0.224. The predicted octanol–water partition coefficient (Wildman–Crippen LogP) is 1.96. The summed E-state index contributed by atoms with van der Waals surface area (Å²) in [6.07, 6.45) is -1.34. The van der Waals surface area contributed by atoms with Gasteiger partial charge in [0.2, 0.25) is 5.88 Å². The number of pyridine rings is 1. The van der Waals surface area contributed by atoms with Gasteiger partial charge < -0.3 is 14.8 Å². The van der Waals surface area contributed by atoms with Gasteiger partial charge >= 0.3 is 6.18 Å². The van der Waals surface area contributed by atoms with Crippen molar-refractivity contribution in [1.29, 1.82) is 0 Å². The van der Waals surface area contributed by atoms with Gasteiger partial charge in [-0.2, -0.15) is 13.2 Å². The number of amidine groups is 1. The van der Waals surface area contributed by atoms with Crippen LogP contribution in [0, 0.1) is 0 Å². The molecular weight excluding hydrogens is 325 g/mol. The van der Waals surface area contributed by atoms with Crippen molar-refractivity contribution in [3.05, 3.63) is 36.5 Å². The molecule has 0 spiro atoms. The van der Waals surface area contributed by atoms with E-state index in [1.165, 1.54) is 12.3 Å². The van der Waals surface area contributed by atoms with E-state index in [1.54, 1.807) is 17.0 Å². The van der Waals surface area contributed by atoms with Crippen LogP contribution >= 0.6 is 0 Å². The van der Waals surface area contributed by atoms with Gasteiger partial charge in [-0.25, -0.2) is 4.98 Å². The van der Waals surface area contributed by atoms with Gasteiger partial charge in [0.15, 0.2) is 12.4 Å². The van der Waals surface area contributed by atoms with E-state index >= 15 is 0 Å². The van der Waals surface area contributed by atoms with Crippen molar-refractivity contribution in [2.45, 2.75) is 6.18 Å². The minimum absolute atomic E-state index is 0.151. The monoisotopic (exact) mass is 344 g/mol. The van der Waals surface area contributed by atoms with E-state index in [9.17, 15) is 18.4 Å². The van der Waals surface area contributed by atoms with E-state index in [1.807, 2.05) is 0 Å². The van der Waals surface area contributed by atoms with Crippen LogP contribution < -0.4 is 4.74 Å². The Morgan fingerprint density at radius 1 is 1.38 bits per heavy atom. The SMILES string of the molecule is C=CCN1CCN(/C(=N\O)c2cccnc2OCC(F)(F)F)CC1. The van der Waals surface area contributed by atoms with Gasteiger partial charge in [-0.1, -0.05) is 11.2 Å². The van der Waals surface area contributed by atoms with Gasteiger partial charge in [0, 0.05) is 38.9 Å². The zero-order chi connectivity index (χ0) is 17.6. The van der Waals surface area contributed by atoms with Gasteiger partial charge in [-0.3, -0.25) is 4.90 Å². The molecule has 1 aliphatic heterocycles. The van der Waals surface area contributed by atoms with Crippen molar-refractivity contribution in [3.63, 3.8) is 0 Å². The van der Waals surface area contributed by atoms with Gasteiger partial charge in [0.1, 0.15) is 0 Å². The Morgan fingerprint density at radius 2 is 2.08 bits per heavy atom. The Labute approximate surface area is 137 Å². The third kappa shape index (κ3) is 4.85. The number of piperazine rings is 1. The third-order valence-electron chi connectivity index (χ3n) is 3.54. The molecule has 132 valence electrons. The highest BCUT2D eigenvalue weighted by molar-refractivity contribution is 6.00. The van der Waals surface area contributed by atoms with Crippen LogP contribution in [-0.2, 0) is 0 Å². The first-order valence-corrected chi connectivity index (χ1v) is 7.40. The third-order valence-corrected chi connectivity index (χ3v) is 3.54. The fraction of sp³-hybridized carbons (Fsp3) is 0.467. The van der Waals surface area contributed by atoms with E-state index < -0.39 is 12.8 Å². The van der Waals surface area contributed by atoms with E-state index in [0.29, 0.717) is 13.1 Å². The Kier molecular flexibility index (Phi) is 6.02. The van der Waals surface area contributed by atoms with Crippen LogP contribution in [0.25, 0.3) is 0 Å². The molecule has 6 nitrogen and oxygen atoms in total. The molecule has 0 saturated carbocycles. The lowest BCUT2D eigenvalue weighted by molar-refractivity contribution is -0.154. The molecule has 1 fully saturated rings. The van der Waals surface area contributed by atoms with Crippen LogP contribution in [0.4, 0.5) is 13.2 Å². The minimum Gasteiger partial charge on any atom is -0.467 e. The van der Waals surface area contributed by atoms with E-state index in [2.05, 4.69) is 21.6 Å². The zero-order valence-electron chi connectivity index (χ0n) is 13.0. The number of ether oxygens (including phenoxy) is 1. The molecule has 9 heteroatoms. The van der Waals surface area contributed by atoms with Crippen molar-refractivity contribution in [3.8, 4) is 5.88 Å². The largest absolute Gasteiger partial charge is 0.467 e. The van der Waals surface area contributed by atoms with Crippen LogP contribution in [-0.4, -0.2) is 71.3 Å². The summed E-state index contributed by atoms with van der Waals surface area (Å²) >= 11 is 0. The van der Waals surface area contributed by atoms with Crippen LogP contribution in [0.2, 0.25) is 0 Å². The normalized spacial score (nSPS) is 17.0. The van der Waals surface area contributed by atoms with Gasteiger partial charge in [-0.05, 0) is 12.1 Å². The molecule has 0 bridgehead atoms. The van der Waals surface area contributed by atoms with Gasteiger partial charge in [0.05, 0.1) is 5.56 Å². The van der Waals surface area contributed by atoms with Crippen molar-refractivity contribution < 1.29 is 23.1 Å². The lowest BCUT2D eigenvalue weighted by atomic mass is 10.2. The molecule has 0 aromatic carbocycles. The molecule has 1 saturated heterocycles. The predicted molar refractivity (Wildman–Crippen MR) is 82.3 cm³/mol. The van der Waals surface area contributed by atoms with Crippen LogP contribution in [0.1, 0.15) is 5.56 Å². The summed E-state index contributed by atoms with van der Waals surface area (Å²) in [5.74, 6) is -0.0605. The number of hydrogen-bond acceptors (Lipinski definition) is 5. The number of halogens is 3. The smallest absolute Gasteiger partial charge is 0.422 e. The first kappa shape index (κ1) is 18.1. The number of hydrogen-bond donors (Lipinski definition) is 1. The molecule has 24 heavy (non-hydrogen) atoms. The average molecular weight is 344 g/mol. The average Bonchev–Trinajstić information content (AvgIpc) is 2.56. The first-order chi connectivity index (χ1) is 11.4. The first-order valence-electron chi connectivity index (χ1n) is 7.40. The summed E-state index contributed by atoms with van der Waals surface area (Å²) in [7, 11) is 0. The van der Waals surface area contributed by atoms with E-state index in [4.69, 9.17) is 4.74 Å². The fourth-order valence-corrected chi connectivity index (χ4v) is 2.44. The molecular formula is C15H19F3N4O2. The molecule has 2 rings (SSSR count). The highest BCUT2D eigenvalue weighted by atomic mass is 19.4. The highest BCUT2D eigenvalue weighted by Gasteiger charge is 2.30. The van der Waals surface area contributed by atoms with Crippen molar-refractivity contribution >= 4 is 5.84 Å². The summed E-state index contributed by atoms with van der Waals surface area (Å²) < 4.78 is 41.9. The number of rotatable bonds is 5. The maximum atomic E-state index is 12.4. The molecule has 0 aliphatic carbocycles. The number of nitrogens with zero attached hydrogens (tertiary/aromatic N) is 4. The molecule has 0 amide bonds. The molecule has 1 aromatic heterocycles. The molecule has 1 aromatic rings. The molecule has 0 unspecified atom stereocenters. The van der Waals surface area contributed by atoms with Crippen LogP contribution in [0.15, 0.2) is 36.1 Å². The Balaban J connectivity index is 2.12. The number of oxime groups is 1. The topological polar surface area (TPSA) is 61.2 Å². The van der Waals surface area contributed by atoms with Crippen molar-refractivity contribution in [1.82, 2.24) is 14.8 Å². The maximum Gasteiger partial charge on any atom is 0.422 e.